The Labute approximate surface area is 118 Å². The molecule has 1 N–H and O–H groups in total. The number of anilines is 1. The van der Waals surface area contributed by atoms with E-state index in [1.54, 1.807) is 18.5 Å². The fourth-order valence-electron chi connectivity index (χ4n) is 2.61. The average molecular weight is 267 g/mol. The summed E-state index contributed by atoms with van der Waals surface area (Å²) in [5, 5.41) is 2.71. The van der Waals surface area contributed by atoms with E-state index in [4.69, 9.17) is 0 Å². The van der Waals surface area contributed by atoms with Crippen molar-refractivity contribution in [1.82, 2.24) is 9.97 Å². The Morgan fingerprint density at radius 2 is 1.85 bits per heavy atom. The van der Waals surface area contributed by atoms with Gasteiger partial charge in [-0.1, -0.05) is 18.2 Å². The van der Waals surface area contributed by atoms with Crippen LogP contribution in [0.1, 0.15) is 29.5 Å². The van der Waals surface area contributed by atoms with Gasteiger partial charge in [0.2, 0.25) is 11.9 Å². The lowest BCUT2D eigenvalue weighted by Gasteiger charge is -2.16. The molecule has 4 heteroatoms. The zero-order valence-electron chi connectivity index (χ0n) is 11.3. The molecule has 0 saturated carbocycles. The molecule has 0 radical (unpaired) electrons. The normalized spacial score (nSPS) is 13.6. The molecule has 102 valence electrons. The van der Waals surface area contributed by atoms with E-state index in [0.29, 0.717) is 12.4 Å². The molecule has 1 aromatic heterocycles. The largest absolute Gasteiger partial charge is 0.294 e. The van der Waals surface area contributed by atoms with Gasteiger partial charge in [0.05, 0.1) is 6.42 Å². The standard InChI is InChI=1S/C16H17N3O/c20-15(19-16-17-8-3-9-18-16)11-12-6-7-13-4-1-2-5-14(13)10-12/h3,6-10H,1-2,4-5,11H2,(H,17,18,19,20). The van der Waals surface area contributed by atoms with Crippen molar-refractivity contribution in [3.05, 3.63) is 53.3 Å². The van der Waals surface area contributed by atoms with Crippen LogP contribution in [-0.2, 0) is 24.1 Å². The number of nitrogens with one attached hydrogen (secondary N) is 1. The number of nitrogens with zero attached hydrogens (tertiary/aromatic N) is 2. The quantitative estimate of drug-likeness (QED) is 0.929. The van der Waals surface area contributed by atoms with Gasteiger partial charge in [0.25, 0.3) is 0 Å². The molecule has 0 fully saturated rings. The number of carbonyl (C=O) groups is 1. The summed E-state index contributed by atoms with van der Waals surface area (Å²) in [4.78, 5) is 19.9. The van der Waals surface area contributed by atoms with Crippen molar-refractivity contribution in [2.75, 3.05) is 5.32 Å². The van der Waals surface area contributed by atoms with Gasteiger partial charge in [0.1, 0.15) is 0 Å². The van der Waals surface area contributed by atoms with Crippen LogP contribution in [0.15, 0.2) is 36.7 Å². The molecule has 1 amide bonds. The zero-order chi connectivity index (χ0) is 13.8. The Kier molecular flexibility index (Phi) is 3.72. The fourth-order valence-corrected chi connectivity index (χ4v) is 2.61. The number of hydrogen-bond donors (Lipinski definition) is 1. The first-order valence-electron chi connectivity index (χ1n) is 6.99. The monoisotopic (exact) mass is 267 g/mol. The molecule has 4 nitrogen and oxygen atoms in total. The van der Waals surface area contributed by atoms with Crippen molar-refractivity contribution < 1.29 is 4.79 Å². The van der Waals surface area contributed by atoms with Gasteiger partial charge in [-0.15, -0.1) is 0 Å². The highest BCUT2D eigenvalue weighted by Gasteiger charge is 2.11. The molecular formula is C16H17N3O. The Morgan fingerprint density at radius 3 is 2.65 bits per heavy atom. The maximum atomic E-state index is 12.0. The van der Waals surface area contributed by atoms with Crippen molar-refractivity contribution >= 4 is 11.9 Å². The van der Waals surface area contributed by atoms with Gasteiger partial charge in [-0.25, -0.2) is 9.97 Å². The predicted molar refractivity (Wildman–Crippen MR) is 77.4 cm³/mol. The Hall–Kier alpha value is -2.23. The molecule has 1 heterocycles. The molecule has 1 aromatic carbocycles. The lowest BCUT2D eigenvalue weighted by Crippen LogP contribution is -2.16. The van der Waals surface area contributed by atoms with E-state index in [1.165, 1.54) is 30.4 Å². The number of aromatic nitrogens is 2. The highest BCUT2D eigenvalue weighted by molar-refractivity contribution is 5.90. The number of amides is 1. The van der Waals surface area contributed by atoms with Crippen LogP contribution in [0.5, 0.6) is 0 Å². The van der Waals surface area contributed by atoms with E-state index < -0.39 is 0 Å². The van der Waals surface area contributed by atoms with E-state index in [1.807, 2.05) is 0 Å². The van der Waals surface area contributed by atoms with Crippen LogP contribution in [-0.4, -0.2) is 15.9 Å². The van der Waals surface area contributed by atoms with Crippen LogP contribution < -0.4 is 5.32 Å². The number of aryl methyl sites for hydroxylation is 2. The molecule has 20 heavy (non-hydrogen) atoms. The van der Waals surface area contributed by atoms with Crippen molar-refractivity contribution in [3.8, 4) is 0 Å². The van der Waals surface area contributed by atoms with Crippen molar-refractivity contribution in [3.63, 3.8) is 0 Å². The van der Waals surface area contributed by atoms with E-state index in [-0.39, 0.29) is 5.91 Å². The number of carbonyl (C=O) groups excluding carboxylic acids is 1. The summed E-state index contributed by atoms with van der Waals surface area (Å²) in [7, 11) is 0. The third-order valence-electron chi connectivity index (χ3n) is 3.59. The molecular weight excluding hydrogens is 250 g/mol. The van der Waals surface area contributed by atoms with E-state index in [2.05, 4.69) is 33.5 Å². The molecule has 0 saturated heterocycles. The van der Waals surface area contributed by atoms with Crippen LogP contribution in [0.25, 0.3) is 0 Å². The van der Waals surface area contributed by atoms with Gasteiger partial charge in [-0.3, -0.25) is 10.1 Å². The van der Waals surface area contributed by atoms with Crippen molar-refractivity contribution in [2.45, 2.75) is 32.1 Å². The van der Waals surface area contributed by atoms with Crippen LogP contribution in [0.3, 0.4) is 0 Å². The first-order chi connectivity index (χ1) is 9.81. The molecule has 0 atom stereocenters. The smallest absolute Gasteiger partial charge is 0.231 e. The first kappa shape index (κ1) is 12.8. The van der Waals surface area contributed by atoms with Crippen LogP contribution in [0.2, 0.25) is 0 Å². The summed E-state index contributed by atoms with van der Waals surface area (Å²) >= 11 is 0. The molecule has 0 unspecified atom stereocenters. The van der Waals surface area contributed by atoms with Gasteiger partial charge in [0.15, 0.2) is 0 Å². The third-order valence-corrected chi connectivity index (χ3v) is 3.59. The summed E-state index contributed by atoms with van der Waals surface area (Å²) in [5.41, 5.74) is 3.89. The third kappa shape index (κ3) is 3.02. The lowest BCUT2D eigenvalue weighted by molar-refractivity contribution is -0.115. The van der Waals surface area contributed by atoms with Crippen LogP contribution in [0, 0.1) is 0 Å². The van der Waals surface area contributed by atoms with Gasteiger partial charge in [-0.2, -0.15) is 0 Å². The maximum Gasteiger partial charge on any atom is 0.231 e. The fraction of sp³-hybridized carbons (Fsp3) is 0.312. The number of rotatable bonds is 3. The Morgan fingerprint density at radius 1 is 1.10 bits per heavy atom. The minimum atomic E-state index is -0.0769. The van der Waals surface area contributed by atoms with Crippen molar-refractivity contribution in [1.29, 1.82) is 0 Å². The van der Waals surface area contributed by atoms with Gasteiger partial charge >= 0.3 is 0 Å². The summed E-state index contributed by atoms with van der Waals surface area (Å²) in [6.45, 7) is 0. The number of hydrogen-bond acceptors (Lipinski definition) is 3. The number of fused-ring (bicyclic) bond motifs is 1. The molecule has 0 aliphatic heterocycles. The number of benzene rings is 1. The summed E-state index contributed by atoms with van der Waals surface area (Å²) in [6.07, 6.45) is 8.42. The second kappa shape index (κ2) is 5.82. The molecule has 1 aliphatic rings. The van der Waals surface area contributed by atoms with Crippen molar-refractivity contribution in [2.24, 2.45) is 0 Å². The van der Waals surface area contributed by atoms with Gasteiger partial charge in [-0.05, 0) is 48.4 Å². The van der Waals surface area contributed by atoms with Crippen LogP contribution >= 0.6 is 0 Å². The summed E-state index contributed by atoms with van der Waals surface area (Å²) < 4.78 is 0. The summed E-state index contributed by atoms with van der Waals surface area (Å²) in [5.74, 6) is 0.280. The Bertz CT molecular complexity index is 610. The molecule has 0 spiro atoms. The second-order valence-electron chi connectivity index (χ2n) is 5.11. The second-order valence-corrected chi connectivity index (χ2v) is 5.11. The topological polar surface area (TPSA) is 54.9 Å². The van der Waals surface area contributed by atoms with E-state index in [9.17, 15) is 4.79 Å². The lowest BCUT2D eigenvalue weighted by atomic mass is 9.90. The Balaban J connectivity index is 1.67. The van der Waals surface area contributed by atoms with Gasteiger partial charge in [0, 0.05) is 12.4 Å². The average Bonchev–Trinajstić information content (AvgIpc) is 2.48. The predicted octanol–water partition coefficient (Wildman–Crippen LogP) is 2.54. The van der Waals surface area contributed by atoms with E-state index >= 15 is 0 Å². The SMILES string of the molecule is O=C(Cc1ccc2c(c1)CCCC2)Nc1ncccn1. The summed E-state index contributed by atoms with van der Waals surface area (Å²) in [6, 6.07) is 8.10. The van der Waals surface area contributed by atoms with E-state index in [0.717, 1.165) is 12.0 Å². The molecule has 2 aromatic rings. The minimum Gasteiger partial charge on any atom is -0.294 e. The highest BCUT2D eigenvalue weighted by Crippen LogP contribution is 2.22. The minimum absolute atomic E-state index is 0.0769. The van der Waals surface area contributed by atoms with Gasteiger partial charge < -0.3 is 0 Å². The molecule has 1 aliphatic carbocycles. The maximum absolute atomic E-state index is 12.0. The first-order valence-corrected chi connectivity index (χ1v) is 6.99. The zero-order valence-corrected chi connectivity index (χ0v) is 11.3. The van der Waals surface area contributed by atoms with Crippen LogP contribution in [0.4, 0.5) is 5.95 Å². The molecule has 3 rings (SSSR count). The highest BCUT2D eigenvalue weighted by atomic mass is 16.1. The molecule has 0 bridgehead atoms.